The van der Waals surface area contributed by atoms with Crippen molar-refractivity contribution in [1.29, 1.82) is 0 Å². The number of aromatic nitrogens is 4. The van der Waals surface area contributed by atoms with Gasteiger partial charge in [-0.2, -0.15) is 4.98 Å². The lowest BCUT2D eigenvalue weighted by Gasteiger charge is -2.20. The lowest BCUT2D eigenvalue weighted by Crippen LogP contribution is -2.36. The van der Waals surface area contributed by atoms with Crippen molar-refractivity contribution in [2.75, 3.05) is 5.75 Å². The van der Waals surface area contributed by atoms with Crippen LogP contribution in [-0.4, -0.2) is 37.3 Å². The Morgan fingerprint density at radius 3 is 2.82 bits per heavy atom. The molecule has 0 aromatic carbocycles. The molecule has 0 aliphatic heterocycles. The number of carbonyl (C=O) groups excluding carboxylic acids is 1. The number of nitrogens with zero attached hydrogens (tertiary/aromatic N) is 4. The zero-order valence-electron chi connectivity index (χ0n) is 12.6. The first-order valence-electron chi connectivity index (χ1n) is 7.91. The number of thioether (sulfide) groups is 1. The SMILES string of the molecule is O=C(CSc1nc2ncccn2n1)NC1CCCCCCC1. The summed E-state index contributed by atoms with van der Waals surface area (Å²) in [6.45, 7) is 0. The van der Waals surface area contributed by atoms with Crippen molar-refractivity contribution in [2.45, 2.75) is 56.1 Å². The number of fused-ring (bicyclic) bond motifs is 1. The third-order valence-corrected chi connectivity index (χ3v) is 4.74. The average molecular weight is 319 g/mol. The van der Waals surface area contributed by atoms with Gasteiger partial charge < -0.3 is 5.32 Å². The van der Waals surface area contributed by atoms with Crippen molar-refractivity contribution in [3.05, 3.63) is 18.5 Å². The van der Waals surface area contributed by atoms with E-state index in [0.29, 0.717) is 22.7 Å². The molecule has 0 atom stereocenters. The topological polar surface area (TPSA) is 72.2 Å². The first kappa shape index (κ1) is 15.3. The summed E-state index contributed by atoms with van der Waals surface area (Å²) in [6, 6.07) is 2.14. The lowest BCUT2D eigenvalue weighted by molar-refractivity contribution is -0.119. The van der Waals surface area contributed by atoms with Crippen LogP contribution < -0.4 is 5.32 Å². The summed E-state index contributed by atoms with van der Waals surface area (Å²) in [5, 5.41) is 8.03. The van der Waals surface area contributed by atoms with Gasteiger partial charge in [0.05, 0.1) is 5.75 Å². The Morgan fingerprint density at radius 2 is 2.05 bits per heavy atom. The summed E-state index contributed by atoms with van der Waals surface area (Å²) in [7, 11) is 0. The second-order valence-corrected chi connectivity index (χ2v) is 6.60. The largest absolute Gasteiger partial charge is 0.353 e. The first-order valence-corrected chi connectivity index (χ1v) is 8.89. The van der Waals surface area contributed by atoms with E-state index in [1.54, 1.807) is 23.0 Å². The van der Waals surface area contributed by atoms with Gasteiger partial charge in [0.15, 0.2) is 0 Å². The number of amides is 1. The van der Waals surface area contributed by atoms with Crippen molar-refractivity contribution in [3.63, 3.8) is 0 Å². The van der Waals surface area contributed by atoms with E-state index in [2.05, 4.69) is 20.4 Å². The van der Waals surface area contributed by atoms with Gasteiger partial charge in [0, 0.05) is 18.4 Å². The van der Waals surface area contributed by atoms with Crippen molar-refractivity contribution >= 4 is 23.4 Å². The molecule has 2 heterocycles. The quantitative estimate of drug-likeness (QED) is 0.876. The van der Waals surface area contributed by atoms with Gasteiger partial charge in [0.25, 0.3) is 5.78 Å². The molecular formula is C15H21N5OS. The molecule has 1 N–H and O–H groups in total. The van der Waals surface area contributed by atoms with E-state index in [-0.39, 0.29) is 5.91 Å². The van der Waals surface area contributed by atoms with Gasteiger partial charge in [-0.15, -0.1) is 5.10 Å². The van der Waals surface area contributed by atoms with E-state index < -0.39 is 0 Å². The summed E-state index contributed by atoms with van der Waals surface area (Å²) in [6.07, 6.45) is 12.0. The molecule has 1 fully saturated rings. The maximum atomic E-state index is 12.1. The van der Waals surface area contributed by atoms with Crippen LogP contribution in [0.4, 0.5) is 0 Å². The van der Waals surface area contributed by atoms with Crippen molar-refractivity contribution in [1.82, 2.24) is 24.9 Å². The summed E-state index contributed by atoms with van der Waals surface area (Å²) in [4.78, 5) is 20.5. The summed E-state index contributed by atoms with van der Waals surface area (Å²) in [5.41, 5.74) is 0. The normalized spacial score (nSPS) is 17.1. The van der Waals surface area contributed by atoms with Gasteiger partial charge in [-0.1, -0.05) is 43.9 Å². The molecule has 2 aromatic heterocycles. The first-order chi connectivity index (χ1) is 10.8. The number of rotatable bonds is 4. The molecule has 22 heavy (non-hydrogen) atoms. The predicted octanol–water partition coefficient (Wildman–Crippen LogP) is 2.45. The molecule has 3 rings (SSSR count). The monoisotopic (exact) mass is 319 g/mol. The van der Waals surface area contributed by atoms with Crippen LogP contribution in [0, 0.1) is 0 Å². The summed E-state index contributed by atoms with van der Waals surface area (Å²) < 4.78 is 1.62. The van der Waals surface area contributed by atoms with Crippen LogP contribution in [0.1, 0.15) is 44.9 Å². The molecule has 6 nitrogen and oxygen atoms in total. The summed E-state index contributed by atoms with van der Waals surface area (Å²) in [5.74, 6) is 0.987. The fourth-order valence-corrected chi connectivity index (χ4v) is 3.41. The maximum absolute atomic E-state index is 12.1. The van der Waals surface area contributed by atoms with E-state index >= 15 is 0 Å². The molecule has 0 unspecified atom stereocenters. The van der Waals surface area contributed by atoms with Gasteiger partial charge in [-0.3, -0.25) is 4.79 Å². The molecule has 1 saturated carbocycles. The predicted molar refractivity (Wildman–Crippen MR) is 85.8 cm³/mol. The second kappa shape index (κ2) is 7.58. The highest BCUT2D eigenvalue weighted by atomic mass is 32.2. The minimum absolute atomic E-state index is 0.0717. The Kier molecular flexibility index (Phi) is 5.26. The van der Waals surface area contributed by atoms with Crippen LogP contribution in [0.2, 0.25) is 0 Å². The Labute approximate surface area is 134 Å². The zero-order valence-corrected chi connectivity index (χ0v) is 13.4. The Bertz CT molecular complexity index is 588. The van der Waals surface area contributed by atoms with Crippen LogP contribution >= 0.6 is 11.8 Å². The third-order valence-electron chi connectivity index (χ3n) is 3.90. The molecule has 118 valence electrons. The lowest BCUT2D eigenvalue weighted by atomic mass is 9.97. The number of hydrogen-bond donors (Lipinski definition) is 1. The molecule has 7 heteroatoms. The maximum Gasteiger partial charge on any atom is 0.253 e. The van der Waals surface area contributed by atoms with E-state index in [1.165, 1.54) is 43.9 Å². The molecule has 0 saturated heterocycles. The minimum Gasteiger partial charge on any atom is -0.353 e. The van der Waals surface area contributed by atoms with Crippen LogP contribution in [0.25, 0.3) is 5.78 Å². The number of carbonyl (C=O) groups is 1. The fourth-order valence-electron chi connectivity index (χ4n) is 2.77. The Hall–Kier alpha value is -1.63. The van der Waals surface area contributed by atoms with Gasteiger partial charge >= 0.3 is 0 Å². The van der Waals surface area contributed by atoms with E-state index in [0.717, 1.165) is 12.8 Å². The van der Waals surface area contributed by atoms with Crippen molar-refractivity contribution in [3.8, 4) is 0 Å². The molecule has 0 bridgehead atoms. The highest BCUT2D eigenvalue weighted by molar-refractivity contribution is 7.99. The van der Waals surface area contributed by atoms with Gasteiger partial charge in [0.2, 0.25) is 11.1 Å². The van der Waals surface area contributed by atoms with Gasteiger partial charge in [-0.25, -0.2) is 9.50 Å². The second-order valence-electron chi connectivity index (χ2n) is 5.66. The van der Waals surface area contributed by atoms with E-state index in [9.17, 15) is 4.79 Å². The van der Waals surface area contributed by atoms with E-state index in [4.69, 9.17) is 0 Å². The van der Waals surface area contributed by atoms with Crippen LogP contribution in [0.5, 0.6) is 0 Å². The molecule has 1 aliphatic rings. The molecule has 0 spiro atoms. The Balaban J connectivity index is 1.48. The zero-order chi connectivity index (χ0) is 15.2. The van der Waals surface area contributed by atoms with E-state index in [1.807, 2.05) is 0 Å². The number of hydrogen-bond acceptors (Lipinski definition) is 5. The highest BCUT2D eigenvalue weighted by Gasteiger charge is 2.15. The molecule has 1 amide bonds. The van der Waals surface area contributed by atoms with Crippen LogP contribution in [-0.2, 0) is 4.79 Å². The van der Waals surface area contributed by atoms with Crippen molar-refractivity contribution < 1.29 is 4.79 Å². The van der Waals surface area contributed by atoms with Gasteiger partial charge in [0.1, 0.15) is 0 Å². The average Bonchev–Trinajstić information content (AvgIpc) is 2.91. The van der Waals surface area contributed by atoms with Crippen molar-refractivity contribution in [2.24, 2.45) is 0 Å². The molecule has 1 aliphatic carbocycles. The minimum atomic E-state index is 0.0717. The fraction of sp³-hybridized carbons (Fsp3) is 0.600. The standard InChI is InChI=1S/C15H21N5OS/c21-13(17-12-7-4-2-1-3-5-8-12)11-22-15-18-14-16-9-6-10-20(14)19-15/h6,9-10,12H,1-5,7-8,11H2,(H,17,21). The molecule has 0 radical (unpaired) electrons. The smallest absolute Gasteiger partial charge is 0.253 e. The van der Waals surface area contributed by atoms with Crippen LogP contribution in [0.15, 0.2) is 23.6 Å². The van der Waals surface area contributed by atoms with Gasteiger partial charge in [-0.05, 0) is 18.9 Å². The number of nitrogens with one attached hydrogen (secondary N) is 1. The molecule has 2 aromatic rings. The third kappa shape index (κ3) is 4.19. The van der Waals surface area contributed by atoms with Crippen LogP contribution in [0.3, 0.4) is 0 Å². The highest BCUT2D eigenvalue weighted by Crippen LogP contribution is 2.18. The Morgan fingerprint density at radius 1 is 1.27 bits per heavy atom. The molecular weight excluding hydrogens is 298 g/mol. The summed E-state index contributed by atoms with van der Waals surface area (Å²) >= 11 is 1.36.